The van der Waals surface area contributed by atoms with Gasteiger partial charge in [0.15, 0.2) is 0 Å². The molecule has 0 spiro atoms. The van der Waals surface area contributed by atoms with E-state index in [2.05, 4.69) is 24.1 Å². The largest absolute Gasteiger partial charge is 0.397 e. The van der Waals surface area contributed by atoms with Gasteiger partial charge in [0.1, 0.15) is 5.82 Å². The van der Waals surface area contributed by atoms with Gasteiger partial charge in [-0.15, -0.1) is 0 Å². The first-order valence-corrected chi connectivity index (χ1v) is 5.14. The lowest BCUT2D eigenvalue weighted by molar-refractivity contribution is 0.249. The van der Waals surface area contributed by atoms with E-state index in [1.807, 2.05) is 13.0 Å². The molecule has 0 aliphatic carbocycles. The highest BCUT2D eigenvalue weighted by Gasteiger charge is 2.12. The van der Waals surface area contributed by atoms with Crippen molar-refractivity contribution < 1.29 is 5.11 Å². The molecular formula is C11H19N3O. The summed E-state index contributed by atoms with van der Waals surface area (Å²) in [7, 11) is 0. The third-order valence-corrected chi connectivity index (χ3v) is 2.49. The van der Waals surface area contributed by atoms with Crippen LogP contribution in [-0.4, -0.2) is 22.7 Å². The third-order valence-electron chi connectivity index (χ3n) is 2.49. The van der Waals surface area contributed by atoms with Gasteiger partial charge in [0, 0.05) is 0 Å². The molecule has 1 unspecified atom stereocenters. The molecule has 0 bridgehead atoms. The Kier molecular flexibility index (Phi) is 3.91. The van der Waals surface area contributed by atoms with Crippen LogP contribution in [0.25, 0.3) is 0 Å². The minimum atomic E-state index is 0.0283. The summed E-state index contributed by atoms with van der Waals surface area (Å²) < 4.78 is 0. The predicted octanol–water partition coefficient (Wildman–Crippen LogP) is 1.40. The van der Waals surface area contributed by atoms with Crippen LogP contribution in [0, 0.1) is 12.8 Å². The normalized spacial score (nSPS) is 12.9. The molecule has 0 aromatic carbocycles. The highest BCUT2D eigenvalue weighted by atomic mass is 16.3. The standard InChI is InChI=1S/C11H19N3O/c1-7(2)10(6-15)14-11-4-8(3)9(12)5-13-11/h4-5,7,10,15H,6,12H2,1-3H3,(H,13,14). The van der Waals surface area contributed by atoms with Crippen molar-refractivity contribution in [3.05, 3.63) is 17.8 Å². The number of aromatic nitrogens is 1. The van der Waals surface area contributed by atoms with Gasteiger partial charge >= 0.3 is 0 Å². The molecule has 0 fully saturated rings. The fraction of sp³-hybridized carbons (Fsp3) is 0.545. The van der Waals surface area contributed by atoms with Crippen molar-refractivity contribution in [2.24, 2.45) is 5.92 Å². The number of rotatable bonds is 4. The number of nitrogens with zero attached hydrogens (tertiary/aromatic N) is 1. The monoisotopic (exact) mass is 209 g/mol. The second kappa shape index (κ2) is 4.98. The zero-order valence-corrected chi connectivity index (χ0v) is 9.49. The molecule has 0 saturated carbocycles. The smallest absolute Gasteiger partial charge is 0.126 e. The lowest BCUT2D eigenvalue weighted by Crippen LogP contribution is -2.29. The lowest BCUT2D eigenvalue weighted by Gasteiger charge is -2.20. The zero-order valence-electron chi connectivity index (χ0n) is 9.49. The van der Waals surface area contributed by atoms with E-state index in [9.17, 15) is 0 Å². The van der Waals surface area contributed by atoms with Gasteiger partial charge in [0.2, 0.25) is 0 Å². The van der Waals surface area contributed by atoms with Crippen molar-refractivity contribution in [1.29, 1.82) is 0 Å². The number of pyridine rings is 1. The van der Waals surface area contributed by atoms with Crippen molar-refractivity contribution in [3.8, 4) is 0 Å². The molecular weight excluding hydrogens is 190 g/mol. The Hall–Kier alpha value is -1.29. The molecule has 1 aromatic heterocycles. The van der Waals surface area contributed by atoms with Gasteiger partial charge in [0.25, 0.3) is 0 Å². The molecule has 15 heavy (non-hydrogen) atoms. The van der Waals surface area contributed by atoms with Crippen LogP contribution < -0.4 is 11.1 Å². The molecule has 0 saturated heterocycles. The summed E-state index contributed by atoms with van der Waals surface area (Å²) in [6.45, 7) is 6.14. The minimum Gasteiger partial charge on any atom is -0.397 e. The van der Waals surface area contributed by atoms with Crippen LogP contribution in [-0.2, 0) is 0 Å². The summed E-state index contributed by atoms with van der Waals surface area (Å²) in [6, 6.07) is 1.92. The minimum absolute atomic E-state index is 0.0283. The molecule has 0 amide bonds. The molecule has 1 heterocycles. The second-order valence-electron chi connectivity index (χ2n) is 4.10. The van der Waals surface area contributed by atoms with Crippen LogP contribution in [0.5, 0.6) is 0 Å². The SMILES string of the molecule is Cc1cc(NC(CO)C(C)C)ncc1N. The van der Waals surface area contributed by atoms with Crippen molar-refractivity contribution in [1.82, 2.24) is 4.98 Å². The van der Waals surface area contributed by atoms with E-state index in [-0.39, 0.29) is 12.6 Å². The summed E-state index contributed by atoms with van der Waals surface area (Å²) in [5.41, 5.74) is 7.35. The number of aliphatic hydroxyl groups excluding tert-OH is 1. The summed E-state index contributed by atoms with van der Waals surface area (Å²) in [5, 5.41) is 12.3. The van der Waals surface area contributed by atoms with Gasteiger partial charge in [-0.05, 0) is 24.5 Å². The number of aryl methyl sites for hydroxylation is 1. The number of nitrogens with one attached hydrogen (secondary N) is 1. The lowest BCUT2D eigenvalue weighted by atomic mass is 10.1. The molecule has 0 radical (unpaired) electrons. The zero-order chi connectivity index (χ0) is 11.4. The van der Waals surface area contributed by atoms with Crippen molar-refractivity contribution in [3.63, 3.8) is 0 Å². The summed E-state index contributed by atoms with van der Waals surface area (Å²) in [4.78, 5) is 4.16. The number of aliphatic hydroxyl groups is 1. The Bertz CT molecular complexity index is 326. The average Bonchev–Trinajstić information content (AvgIpc) is 2.19. The summed E-state index contributed by atoms with van der Waals surface area (Å²) in [5.74, 6) is 1.11. The van der Waals surface area contributed by atoms with Gasteiger partial charge in [0.05, 0.1) is 24.5 Å². The highest BCUT2D eigenvalue weighted by molar-refractivity contribution is 5.51. The van der Waals surface area contributed by atoms with Gasteiger partial charge in [-0.3, -0.25) is 0 Å². The number of nitrogen functional groups attached to an aromatic ring is 1. The van der Waals surface area contributed by atoms with E-state index >= 15 is 0 Å². The van der Waals surface area contributed by atoms with E-state index in [4.69, 9.17) is 10.8 Å². The van der Waals surface area contributed by atoms with E-state index in [0.29, 0.717) is 11.6 Å². The molecule has 1 aromatic rings. The second-order valence-corrected chi connectivity index (χ2v) is 4.10. The quantitative estimate of drug-likeness (QED) is 0.701. The first-order valence-electron chi connectivity index (χ1n) is 5.14. The maximum atomic E-state index is 9.17. The van der Waals surface area contributed by atoms with E-state index < -0.39 is 0 Å². The molecule has 1 atom stereocenters. The fourth-order valence-corrected chi connectivity index (χ4v) is 1.26. The molecule has 4 nitrogen and oxygen atoms in total. The van der Waals surface area contributed by atoms with Crippen LogP contribution in [0.2, 0.25) is 0 Å². The Morgan fingerprint density at radius 1 is 1.53 bits per heavy atom. The Morgan fingerprint density at radius 3 is 2.67 bits per heavy atom. The van der Waals surface area contributed by atoms with Gasteiger partial charge in [-0.2, -0.15) is 0 Å². The van der Waals surface area contributed by atoms with Crippen molar-refractivity contribution >= 4 is 11.5 Å². The van der Waals surface area contributed by atoms with Crippen LogP contribution in [0.4, 0.5) is 11.5 Å². The van der Waals surface area contributed by atoms with Crippen molar-refractivity contribution in [2.75, 3.05) is 17.7 Å². The highest BCUT2D eigenvalue weighted by Crippen LogP contribution is 2.15. The number of hydrogen-bond donors (Lipinski definition) is 3. The molecule has 0 aliphatic rings. The summed E-state index contributed by atoms with van der Waals surface area (Å²) >= 11 is 0. The van der Waals surface area contributed by atoms with Gasteiger partial charge in [-0.25, -0.2) is 4.98 Å². The van der Waals surface area contributed by atoms with Gasteiger partial charge in [-0.1, -0.05) is 13.8 Å². The predicted molar refractivity (Wildman–Crippen MR) is 62.7 cm³/mol. The van der Waals surface area contributed by atoms with Gasteiger partial charge < -0.3 is 16.2 Å². The fourth-order valence-electron chi connectivity index (χ4n) is 1.26. The van der Waals surface area contributed by atoms with E-state index in [0.717, 1.165) is 11.4 Å². The van der Waals surface area contributed by atoms with E-state index in [1.54, 1.807) is 6.20 Å². The number of anilines is 2. The topological polar surface area (TPSA) is 71.2 Å². The molecule has 84 valence electrons. The number of hydrogen-bond acceptors (Lipinski definition) is 4. The van der Waals surface area contributed by atoms with Crippen LogP contribution >= 0.6 is 0 Å². The number of nitrogens with two attached hydrogens (primary N) is 1. The molecule has 1 rings (SSSR count). The van der Waals surface area contributed by atoms with Crippen LogP contribution in [0.3, 0.4) is 0 Å². The van der Waals surface area contributed by atoms with E-state index in [1.165, 1.54) is 0 Å². The van der Waals surface area contributed by atoms with Crippen LogP contribution in [0.15, 0.2) is 12.3 Å². The Labute approximate surface area is 90.5 Å². The third kappa shape index (κ3) is 3.09. The maximum absolute atomic E-state index is 9.17. The summed E-state index contributed by atoms with van der Waals surface area (Å²) in [6.07, 6.45) is 1.63. The Morgan fingerprint density at radius 2 is 2.20 bits per heavy atom. The first kappa shape index (κ1) is 11.8. The van der Waals surface area contributed by atoms with Crippen LogP contribution in [0.1, 0.15) is 19.4 Å². The first-order chi connectivity index (χ1) is 7.04. The molecule has 0 aliphatic heterocycles. The van der Waals surface area contributed by atoms with Crippen molar-refractivity contribution in [2.45, 2.75) is 26.8 Å². The maximum Gasteiger partial charge on any atom is 0.126 e. The Balaban J connectivity index is 2.75. The molecule has 4 N–H and O–H groups in total. The average molecular weight is 209 g/mol. The molecule has 4 heteroatoms.